The number of hydrogen-bond donors (Lipinski definition) is 1. The summed E-state index contributed by atoms with van der Waals surface area (Å²) in [5.74, 6) is 2.27. The van der Waals surface area contributed by atoms with E-state index in [4.69, 9.17) is 14.6 Å². The Balaban J connectivity index is 1.26. The Morgan fingerprint density at radius 3 is 2.41 bits per heavy atom. The fourth-order valence-corrected chi connectivity index (χ4v) is 8.19. The molecule has 8 heteroatoms. The third-order valence-corrected chi connectivity index (χ3v) is 10.5. The van der Waals surface area contributed by atoms with Crippen molar-refractivity contribution in [3.05, 3.63) is 76.6 Å². The molecule has 46 heavy (non-hydrogen) atoms. The molecule has 1 saturated heterocycles. The number of carbonyl (C=O) groups is 1. The van der Waals surface area contributed by atoms with Crippen molar-refractivity contribution in [2.75, 3.05) is 40.9 Å². The van der Waals surface area contributed by atoms with Crippen molar-refractivity contribution >= 4 is 5.97 Å². The average Bonchev–Trinajstić information content (AvgIpc) is 3.65. The van der Waals surface area contributed by atoms with E-state index < -0.39 is 12.0 Å². The van der Waals surface area contributed by atoms with Gasteiger partial charge in [-0.15, -0.1) is 0 Å². The Bertz CT molecular complexity index is 1460. The second kappa shape index (κ2) is 15.0. The lowest BCUT2D eigenvalue weighted by atomic mass is 9.86. The monoisotopic (exact) mass is 630 g/mol. The average molecular weight is 631 g/mol. The molecule has 1 aromatic heterocycles. The smallest absolute Gasteiger partial charge is 0.321 e. The summed E-state index contributed by atoms with van der Waals surface area (Å²) < 4.78 is 13.1. The Morgan fingerprint density at radius 2 is 1.78 bits per heavy atom. The van der Waals surface area contributed by atoms with Gasteiger partial charge in [0.2, 0.25) is 0 Å². The molecule has 2 aromatic carbocycles. The van der Waals surface area contributed by atoms with Gasteiger partial charge in [-0.2, -0.15) is 5.10 Å². The summed E-state index contributed by atoms with van der Waals surface area (Å²) in [4.78, 5) is 17.0. The summed E-state index contributed by atoms with van der Waals surface area (Å²) in [7, 11) is 5.36. The maximum Gasteiger partial charge on any atom is 0.321 e. The summed E-state index contributed by atoms with van der Waals surface area (Å²) in [6.45, 7) is 12.5. The van der Waals surface area contributed by atoms with Crippen LogP contribution in [0.15, 0.2) is 48.5 Å². The molecule has 0 spiro atoms. The first-order valence-corrected chi connectivity index (χ1v) is 17.1. The fraction of sp³-hybridized carbons (Fsp3) is 0.579. The topological polar surface area (TPSA) is 80.1 Å². The van der Waals surface area contributed by atoms with Gasteiger partial charge >= 0.3 is 5.97 Å². The van der Waals surface area contributed by atoms with E-state index in [1.807, 2.05) is 33.0 Å². The second-order valence-electron chi connectivity index (χ2n) is 13.9. The number of carboxylic acid groups (broad SMARTS) is 1. The minimum absolute atomic E-state index is 0.0640. The van der Waals surface area contributed by atoms with Crippen LogP contribution in [0.4, 0.5) is 0 Å². The highest BCUT2D eigenvalue weighted by Gasteiger charge is 2.41. The number of rotatable bonds is 13. The molecule has 1 aliphatic heterocycles. The number of likely N-dealkylation sites (tertiary alicyclic amines) is 1. The van der Waals surface area contributed by atoms with Gasteiger partial charge in [0, 0.05) is 37.2 Å². The number of hydrogen-bond acceptors (Lipinski definition) is 6. The van der Waals surface area contributed by atoms with E-state index in [-0.39, 0.29) is 12.0 Å². The number of carboxylic acids is 1. The van der Waals surface area contributed by atoms with Crippen molar-refractivity contribution in [1.82, 2.24) is 19.6 Å². The molecule has 4 atom stereocenters. The highest BCUT2D eigenvalue weighted by atomic mass is 16.5. The molecule has 0 radical (unpaired) electrons. The van der Waals surface area contributed by atoms with Crippen molar-refractivity contribution in [1.29, 1.82) is 0 Å². The molecule has 1 aliphatic carbocycles. The number of aliphatic carboxylic acids is 1. The van der Waals surface area contributed by atoms with Crippen LogP contribution in [0, 0.1) is 18.8 Å². The highest BCUT2D eigenvalue weighted by molar-refractivity contribution is 5.73. The number of methoxy groups -OCH3 is 2. The zero-order valence-electron chi connectivity index (χ0n) is 28.9. The van der Waals surface area contributed by atoms with Gasteiger partial charge in [0.25, 0.3) is 0 Å². The van der Waals surface area contributed by atoms with Crippen molar-refractivity contribution in [3.8, 4) is 11.5 Å². The second-order valence-corrected chi connectivity index (χ2v) is 13.9. The summed E-state index contributed by atoms with van der Waals surface area (Å²) in [6.07, 6.45) is 5.06. The Morgan fingerprint density at radius 1 is 1.04 bits per heavy atom. The minimum Gasteiger partial charge on any atom is -0.493 e. The quantitative estimate of drug-likeness (QED) is 0.228. The summed E-state index contributed by atoms with van der Waals surface area (Å²) in [6, 6.07) is 17.2. The summed E-state index contributed by atoms with van der Waals surface area (Å²) in [5, 5.41) is 15.0. The number of benzene rings is 2. The molecular formula is C38H54N4O4. The number of ether oxygens (including phenoxy) is 2. The molecule has 1 unspecified atom stereocenters. The van der Waals surface area contributed by atoms with Gasteiger partial charge in [-0.25, -0.2) is 0 Å². The van der Waals surface area contributed by atoms with Gasteiger partial charge in [-0.05, 0) is 107 Å². The maximum atomic E-state index is 12.2. The van der Waals surface area contributed by atoms with E-state index in [0.717, 1.165) is 81.0 Å². The number of aryl methyl sites for hydroxylation is 2. The van der Waals surface area contributed by atoms with E-state index in [2.05, 4.69) is 64.7 Å². The lowest BCUT2D eigenvalue weighted by Gasteiger charge is -2.35. The van der Waals surface area contributed by atoms with E-state index >= 15 is 0 Å². The normalized spacial score (nSPS) is 21.6. The van der Waals surface area contributed by atoms with E-state index in [9.17, 15) is 9.90 Å². The van der Waals surface area contributed by atoms with Gasteiger partial charge in [0.1, 0.15) is 6.04 Å². The first-order chi connectivity index (χ1) is 22.1. The number of aromatic nitrogens is 2. The lowest BCUT2D eigenvalue weighted by Crippen LogP contribution is -2.47. The molecular weight excluding hydrogens is 576 g/mol. The zero-order chi connectivity index (χ0) is 33.0. The largest absolute Gasteiger partial charge is 0.493 e. The van der Waals surface area contributed by atoms with E-state index in [0.29, 0.717) is 17.8 Å². The van der Waals surface area contributed by atoms with Gasteiger partial charge in [-0.3, -0.25) is 14.4 Å². The van der Waals surface area contributed by atoms with Crippen LogP contribution in [0.25, 0.3) is 0 Å². The van der Waals surface area contributed by atoms with Gasteiger partial charge < -0.3 is 19.5 Å². The van der Waals surface area contributed by atoms with Crippen LogP contribution in [0.5, 0.6) is 11.5 Å². The first-order valence-electron chi connectivity index (χ1n) is 17.1. The molecule has 8 nitrogen and oxygen atoms in total. The predicted molar refractivity (Wildman–Crippen MR) is 183 cm³/mol. The molecule has 1 saturated carbocycles. The molecule has 2 aliphatic rings. The van der Waals surface area contributed by atoms with Crippen LogP contribution in [0.2, 0.25) is 0 Å². The highest BCUT2D eigenvalue weighted by Crippen LogP contribution is 2.44. The first kappa shape index (κ1) is 34.0. The van der Waals surface area contributed by atoms with Crippen molar-refractivity contribution in [2.45, 2.75) is 90.3 Å². The summed E-state index contributed by atoms with van der Waals surface area (Å²) in [5.41, 5.74) is 6.30. The fourth-order valence-electron chi connectivity index (χ4n) is 8.19. The Labute approximate surface area is 275 Å². The Kier molecular flexibility index (Phi) is 11.1. The van der Waals surface area contributed by atoms with E-state index in [1.54, 1.807) is 14.2 Å². The molecule has 2 fully saturated rings. The van der Waals surface area contributed by atoms with Gasteiger partial charge in [0.15, 0.2) is 11.5 Å². The number of nitrogens with zero attached hydrogens (tertiary/aromatic N) is 4. The molecule has 0 amide bonds. The van der Waals surface area contributed by atoms with Gasteiger partial charge in [-0.1, -0.05) is 49.7 Å². The molecule has 1 N–H and O–H groups in total. The number of piperidine rings is 1. The SMILES string of the molecule is CCn1nc(Cc2ccc(OC)c(OC)c2)cc1C1CCN(C[C@H]2CC(N(C)[C@@H](C(=O)O)C(C)C)C[C@@H]2c2cccc(C)c2)CC1. The molecule has 250 valence electrons. The minimum atomic E-state index is -0.715. The predicted octanol–water partition coefficient (Wildman–Crippen LogP) is 6.60. The van der Waals surface area contributed by atoms with Crippen LogP contribution in [-0.2, 0) is 17.8 Å². The zero-order valence-corrected chi connectivity index (χ0v) is 28.9. The summed E-state index contributed by atoms with van der Waals surface area (Å²) >= 11 is 0. The van der Waals surface area contributed by atoms with Gasteiger partial charge in [0.05, 0.1) is 19.9 Å². The Hall–Kier alpha value is -3.36. The lowest BCUT2D eigenvalue weighted by molar-refractivity contribution is -0.145. The van der Waals surface area contributed by atoms with Crippen molar-refractivity contribution < 1.29 is 19.4 Å². The van der Waals surface area contributed by atoms with Crippen LogP contribution in [0.1, 0.15) is 86.4 Å². The van der Waals surface area contributed by atoms with Crippen LogP contribution in [0.3, 0.4) is 0 Å². The maximum absolute atomic E-state index is 12.2. The van der Waals surface area contributed by atoms with E-state index in [1.165, 1.54) is 16.8 Å². The van der Waals surface area contributed by atoms with Crippen LogP contribution >= 0.6 is 0 Å². The van der Waals surface area contributed by atoms with Crippen LogP contribution < -0.4 is 9.47 Å². The number of likely N-dealkylation sites (N-methyl/N-ethyl adjacent to an activating group) is 1. The third kappa shape index (κ3) is 7.60. The molecule has 3 aromatic rings. The molecule has 5 rings (SSSR count). The molecule has 2 heterocycles. The van der Waals surface area contributed by atoms with Crippen molar-refractivity contribution in [2.24, 2.45) is 11.8 Å². The standard InChI is InChI=1S/C38H54N4O4/c1-8-42-34(22-31(39-42)19-27-12-13-35(45-6)36(20-27)46-7)28-14-16-41(17-15-28)24-30-21-32(40(5)37(25(2)3)38(43)44)23-33(30)29-11-9-10-26(4)18-29/h9-13,18,20,22,25,28,30,32-33,37H,8,14-17,19,21,23-24H2,1-7H3,(H,43,44)/t30-,32?,33-,37-/m1/s1. The van der Waals surface area contributed by atoms with Crippen molar-refractivity contribution in [3.63, 3.8) is 0 Å². The van der Waals surface area contributed by atoms with Crippen LogP contribution in [-0.4, -0.2) is 83.6 Å². The third-order valence-electron chi connectivity index (χ3n) is 10.5. The molecule has 0 bridgehead atoms.